The van der Waals surface area contributed by atoms with Crippen molar-refractivity contribution in [3.8, 4) is 5.75 Å². The number of hydrogen-bond acceptors (Lipinski definition) is 3. The minimum atomic E-state index is -1.20. The van der Waals surface area contributed by atoms with E-state index in [4.69, 9.17) is 16.3 Å². The minimum Gasteiger partial charge on any atom is -0.545 e. The first-order valence-electron chi connectivity index (χ1n) is 7.52. The minimum absolute atomic E-state index is 0.618. The highest BCUT2D eigenvalue weighted by Crippen LogP contribution is 2.32. The van der Waals surface area contributed by atoms with Crippen LogP contribution in [0.2, 0.25) is 5.02 Å². The van der Waals surface area contributed by atoms with Crippen LogP contribution in [0.25, 0.3) is 6.08 Å². The first-order valence-corrected chi connectivity index (χ1v) is 7.90. The number of halogens is 1. The Morgan fingerprint density at radius 2 is 1.88 bits per heavy atom. The molecule has 1 aromatic carbocycles. The van der Waals surface area contributed by atoms with E-state index in [0.717, 1.165) is 34.1 Å². The molecule has 0 unspecified atom stereocenters. The molecule has 0 aliphatic carbocycles. The van der Waals surface area contributed by atoms with Crippen molar-refractivity contribution in [3.05, 3.63) is 69.3 Å². The predicted molar refractivity (Wildman–Crippen MR) is 98.2 cm³/mol. The van der Waals surface area contributed by atoms with Crippen molar-refractivity contribution in [2.75, 3.05) is 7.11 Å². The second-order valence-corrected chi connectivity index (χ2v) is 5.94. The van der Waals surface area contributed by atoms with Gasteiger partial charge in [-0.1, -0.05) is 47.6 Å². The molecular weight excluding hydrogens is 324 g/mol. The smallest absolute Gasteiger partial charge is 0.123 e. The summed E-state index contributed by atoms with van der Waals surface area (Å²) >= 11 is 6.43. The number of benzene rings is 1. The lowest BCUT2D eigenvalue weighted by molar-refractivity contribution is -0.297. The fourth-order valence-corrected chi connectivity index (χ4v) is 2.44. The number of rotatable bonds is 6. The summed E-state index contributed by atoms with van der Waals surface area (Å²) in [5.41, 5.74) is 4.53. The summed E-state index contributed by atoms with van der Waals surface area (Å²) in [5.74, 6) is -0.419. The third kappa shape index (κ3) is 5.74. The molecule has 0 aliphatic rings. The van der Waals surface area contributed by atoms with Gasteiger partial charge in [-0.05, 0) is 56.5 Å². The molecule has 0 spiro atoms. The molecule has 0 bridgehead atoms. The average Bonchev–Trinajstić information content (AvgIpc) is 2.50. The van der Waals surface area contributed by atoms with Crippen LogP contribution < -0.4 is 9.84 Å². The zero-order valence-electron chi connectivity index (χ0n) is 14.6. The molecule has 0 heterocycles. The maximum Gasteiger partial charge on any atom is 0.123 e. The molecule has 0 aliphatic heterocycles. The van der Waals surface area contributed by atoms with Crippen LogP contribution in [0.4, 0.5) is 0 Å². The van der Waals surface area contributed by atoms with Crippen LogP contribution in [-0.4, -0.2) is 13.1 Å². The number of methoxy groups -OCH3 is 1. The zero-order valence-corrected chi connectivity index (χ0v) is 15.4. The van der Waals surface area contributed by atoms with Crippen LogP contribution in [0, 0.1) is 13.8 Å². The van der Waals surface area contributed by atoms with E-state index >= 15 is 0 Å². The van der Waals surface area contributed by atoms with Crippen LogP contribution in [0.15, 0.2) is 47.6 Å². The molecule has 0 atom stereocenters. The molecule has 3 nitrogen and oxygen atoms in total. The molecule has 0 N–H and O–H groups in total. The van der Waals surface area contributed by atoms with Crippen LogP contribution in [-0.2, 0) is 4.79 Å². The van der Waals surface area contributed by atoms with Gasteiger partial charge in [0.2, 0.25) is 0 Å². The quantitative estimate of drug-likeness (QED) is 0.574. The monoisotopic (exact) mass is 345 g/mol. The zero-order chi connectivity index (χ0) is 18.3. The van der Waals surface area contributed by atoms with E-state index in [0.29, 0.717) is 10.6 Å². The molecule has 24 heavy (non-hydrogen) atoms. The molecule has 128 valence electrons. The van der Waals surface area contributed by atoms with E-state index in [-0.39, 0.29) is 0 Å². The van der Waals surface area contributed by atoms with E-state index in [1.807, 2.05) is 45.1 Å². The van der Waals surface area contributed by atoms with Gasteiger partial charge in [-0.25, -0.2) is 0 Å². The predicted octanol–water partition coefficient (Wildman–Crippen LogP) is 4.18. The summed E-state index contributed by atoms with van der Waals surface area (Å²) in [4.78, 5) is 10.4. The highest BCUT2D eigenvalue weighted by Gasteiger charge is 2.10. The van der Waals surface area contributed by atoms with Crippen LogP contribution in [0.1, 0.15) is 30.5 Å². The molecule has 0 aromatic heterocycles. The lowest BCUT2D eigenvalue weighted by Gasteiger charge is -2.12. The van der Waals surface area contributed by atoms with E-state index in [1.165, 1.54) is 0 Å². The fraction of sp³-hybridized carbons (Fsp3) is 0.250. The van der Waals surface area contributed by atoms with Crippen LogP contribution in [0.5, 0.6) is 5.75 Å². The topological polar surface area (TPSA) is 49.4 Å². The van der Waals surface area contributed by atoms with Crippen molar-refractivity contribution in [2.24, 2.45) is 0 Å². The standard InChI is InChI=1S/C20H23ClO3/c1-13(7-6-8-14(2)11-19(22)23)9-10-17-15(3)12-18(24-5)16(4)20(17)21/h6-12H,1-5H3,(H,22,23)/p-1/b8-6+,10-9+,13-7+,14-11+. The summed E-state index contributed by atoms with van der Waals surface area (Å²) in [7, 11) is 1.63. The summed E-state index contributed by atoms with van der Waals surface area (Å²) < 4.78 is 5.31. The highest BCUT2D eigenvalue weighted by molar-refractivity contribution is 6.33. The summed E-state index contributed by atoms with van der Waals surface area (Å²) in [5, 5.41) is 11.1. The Kier molecular flexibility index (Phi) is 7.53. The molecule has 1 rings (SSSR count). The van der Waals surface area contributed by atoms with Crippen molar-refractivity contribution < 1.29 is 14.6 Å². The number of carbonyl (C=O) groups is 1. The van der Waals surface area contributed by atoms with Crippen LogP contribution >= 0.6 is 11.6 Å². The normalized spacial score (nSPS) is 13.1. The van der Waals surface area contributed by atoms with Gasteiger partial charge in [0.25, 0.3) is 0 Å². The number of hydrogen-bond donors (Lipinski definition) is 0. The lowest BCUT2D eigenvalue weighted by atomic mass is 10.0. The van der Waals surface area contributed by atoms with Gasteiger partial charge in [0, 0.05) is 5.56 Å². The van der Waals surface area contributed by atoms with Gasteiger partial charge in [-0.15, -0.1) is 0 Å². The number of carboxylic acids is 1. The second kappa shape index (κ2) is 9.14. The van der Waals surface area contributed by atoms with Gasteiger partial charge in [0.1, 0.15) is 5.75 Å². The number of carboxylic acid groups (broad SMARTS) is 1. The number of aryl methyl sites for hydroxylation is 1. The largest absolute Gasteiger partial charge is 0.545 e. The van der Waals surface area contributed by atoms with Crippen molar-refractivity contribution in [1.82, 2.24) is 0 Å². The fourth-order valence-electron chi connectivity index (χ4n) is 2.14. The number of allylic oxidation sites excluding steroid dienone is 6. The molecule has 0 radical (unpaired) electrons. The van der Waals surface area contributed by atoms with Gasteiger partial charge >= 0.3 is 0 Å². The van der Waals surface area contributed by atoms with Gasteiger partial charge < -0.3 is 14.6 Å². The molecule has 0 saturated heterocycles. The van der Waals surface area contributed by atoms with Crippen molar-refractivity contribution in [1.29, 1.82) is 0 Å². The first kappa shape index (κ1) is 19.8. The van der Waals surface area contributed by atoms with Gasteiger partial charge in [0.05, 0.1) is 18.1 Å². The molecule has 0 saturated carbocycles. The van der Waals surface area contributed by atoms with Crippen molar-refractivity contribution in [3.63, 3.8) is 0 Å². The van der Waals surface area contributed by atoms with Crippen molar-refractivity contribution in [2.45, 2.75) is 27.7 Å². The van der Waals surface area contributed by atoms with Gasteiger partial charge in [0.15, 0.2) is 0 Å². The van der Waals surface area contributed by atoms with E-state index in [9.17, 15) is 9.90 Å². The van der Waals surface area contributed by atoms with Gasteiger partial charge in [-0.2, -0.15) is 0 Å². The summed E-state index contributed by atoms with van der Waals surface area (Å²) in [6, 6.07) is 1.97. The Balaban J connectivity index is 2.97. The maximum atomic E-state index is 10.4. The molecule has 4 heteroatoms. The molecule has 0 amide bonds. The second-order valence-electron chi connectivity index (χ2n) is 5.56. The Hall–Kier alpha value is -2.26. The Morgan fingerprint density at radius 1 is 1.21 bits per heavy atom. The first-order chi connectivity index (χ1) is 11.3. The Bertz CT molecular complexity index is 738. The third-order valence-electron chi connectivity index (χ3n) is 3.50. The number of carbonyl (C=O) groups excluding carboxylic acids is 1. The summed E-state index contributed by atoms with van der Waals surface area (Å²) in [6.07, 6.45) is 10.4. The van der Waals surface area contributed by atoms with E-state index in [1.54, 1.807) is 26.2 Å². The average molecular weight is 346 g/mol. The molecule has 1 aromatic rings. The third-order valence-corrected chi connectivity index (χ3v) is 3.99. The SMILES string of the molecule is COc1cc(C)c(/C=C/C(C)=C/C=C/C(C)=C/C(=O)[O-])c(Cl)c1C. The lowest BCUT2D eigenvalue weighted by Crippen LogP contribution is -2.19. The number of ether oxygens (including phenoxy) is 1. The molecular formula is C20H22ClO3-. The molecule has 0 fully saturated rings. The highest BCUT2D eigenvalue weighted by atomic mass is 35.5. The van der Waals surface area contributed by atoms with Gasteiger partial charge in [-0.3, -0.25) is 0 Å². The Morgan fingerprint density at radius 3 is 2.46 bits per heavy atom. The van der Waals surface area contributed by atoms with Crippen LogP contribution in [0.3, 0.4) is 0 Å². The summed E-state index contributed by atoms with van der Waals surface area (Å²) in [6.45, 7) is 7.57. The van der Waals surface area contributed by atoms with E-state index < -0.39 is 5.97 Å². The number of aliphatic carboxylic acids is 1. The van der Waals surface area contributed by atoms with E-state index in [2.05, 4.69) is 0 Å². The maximum absolute atomic E-state index is 10.4. The Labute approximate surface area is 148 Å². The van der Waals surface area contributed by atoms with Crippen molar-refractivity contribution >= 4 is 23.6 Å².